The molecule has 2 amide bonds. The first-order valence-electron chi connectivity index (χ1n) is 14.4. The van der Waals surface area contributed by atoms with Crippen molar-refractivity contribution < 1.29 is 35.6 Å². The highest BCUT2D eigenvalue weighted by Gasteiger charge is 2.35. The first kappa shape index (κ1) is 33.0. The van der Waals surface area contributed by atoms with Crippen LogP contribution in [0.5, 0.6) is 0 Å². The van der Waals surface area contributed by atoms with Crippen molar-refractivity contribution in [2.45, 2.75) is 75.7 Å². The molecule has 1 aliphatic carbocycles. The third-order valence-electron chi connectivity index (χ3n) is 7.73. The molecule has 1 N–H and O–H groups in total. The number of rotatable bonds is 10. The Balaban J connectivity index is 1.72. The van der Waals surface area contributed by atoms with E-state index < -0.39 is 52.0 Å². The third-order valence-corrected chi connectivity index (χ3v) is 9.52. The molecule has 0 bridgehead atoms. The zero-order chi connectivity index (χ0) is 32.1. The van der Waals surface area contributed by atoms with Crippen molar-refractivity contribution in [1.29, 1.82) is 0 Å². The normalized spacial score (nSPS) is 15.0. The van der Waals surface area contributed by atoms with Gasteiger partial charge >= 0.3 is 6.18 Å². The van der Waals surface area contributed by atoms with Crippen molar-refractivity contribution in [2.24, 2.45) is 0 Å². The molecule has 3 aromatic carbocycles. The summed E-state index contributed by atoms with van der Waals surface area (Å²) < 4.78 is 82.9. The highest BCUT2D eigenvalue weighted by atomic mass is 32.2. The van der Waals surface area contributed by atoms with E-state index in [-0.39, 0.29) is 23.2 Å². The Morgan fingerprint density at radius 3 is 2.20 bits per heavy atom. The first-order chi connectivity index (χ1) is 20.8. The zero-order valence-electron chi connectivity index (χ0n) is 24.5. The lowest BCUT2D eigenvalue weighted by Gasteiger charge is -2.33. The van der Waals surface area contributed by atoms with Gasteiger partial charge in [-0.1, -0.05) is 55.2 Å². The van der Waals surface area contributed by atoms with E-state index in [0.717, 1.165) is 54.7 Å². The number of nitrogens with one attached hydrogen (secondary N) is 1. The number of hydrogen-bond acceptors (Lipinski definition) is 4. The summed E-state index contributed by atoms with van der Waals surface area (Å²) in [7, 11) is -4.54. The van der Waals surface area contributed by atoms with E-state index in [0.29, 0.717) is 15.9 Å². The fraction of sp³-hybridized carbons (Fsp3) is 0.375. The molecular weight excluding hydrogens is 598 g/mol. The SMILES string of the molecule is Cc1ccc(S(=O)(=O)N(CC(=O)N(Cc2ccc(F)cc2)[C@H](C)C(=O)NC2CCCCC2)c2cccc(C(F)(F)F)c2)cc1. The number of carbonyl (C=O) groups excluding carboxylic acids is 2. The van der Waals surface area contributed by atoms with Crippen molar-refractivity contribution >= 4 is 27.5 Å². The molecule has 0 aromatic heterocycles. The Morgan fingerprint density at radius 2 is 1.59 bits per heavy atom. The number of nitrogens with zero attached hydrogens (tertiary/aromatic N) is 2. The van der Waals surface area contributed by atoms with Gasteiger partial charge in [-0.05, 0) is 74.7 Å². The van der Waals surface area contributed by atoms with Crippen molar-refractivity contribution in [3.8, 4) is 0 Å². The van der Waals surface area contributed by atoms with E-state index in [2.05, 4.69) is 5.32 Å². The molecule has 0 spiro atoms. The fourth-order valence-corrected chi connectivity index (χ4v) is 6.55. The molecule has 236 valence electrons. The Morgan fingerprint density at radius 1 is 0.955 bits per heavy atom. The van der Waals surface area contributed by atoms with Gasteiger partial charge in [-0.3, -0.25) is 13.9 Å². The fourth-order valence-electron chi connectivity index (χ4n) is 5.14. The molecule has 44 heavy (non-hydrogen) atoms. The summed E-state index contributed by atoms with van der Waals surface area (Å²) in [4.78, 5) is 28.3. The number of aryl methyl sites for hydroxylation is 1. The maximum atomic E-state index is 14.0. The van der Waals surface area contributed by atoms with Crippen molar-refractivity contribution in [2.75, 3.05) is 10.8 Å². The number of carbonyl (C=O) groups is 2. The second kappa shape index (κ2) is 13.8. The third kappa shape index (κ3) is 8.16. The Kier molecular flexibility index (Phi) is 10.3. The average Bonchev–Trinajstić information content (AvgIpc) is 2.99. The topological polar surface area (TPSA) is 86.8 Å². The molecule has 1 saturated carbocycles. The number of amides is 2. The van der Waals surface area contributed by atoms with Crippen LogP contribution in [0.1, 0.15) is 55.7 Å². The van der Waals surface area contributed by atoms with Crippen LogP contribution in [0.15, 0.2) is 77.7 Å². The molecule has 0 heterocycles. The first-order valence-corrected chi connectivity index (χ1v) is 15.8. The summed E-state index contributed by atoms with van der Waals surface area (Å²) in [6.07, 6.45) is -0.191. The molecule has 1 atom stereocenters. The van der Waals surface area contributed by atoms with Gasteiger partial charge in [0, 0.05) is 12.6 Å². The number of benzene rings is 3. The van der Waals surface area contributed by atoms with Crippen LogP contribution in [0, 0.1) is 12.7 Å². The maximum Gasteiger partial charge on any atom is 0.416 e. The van der Waals surface area contributed by atoms with E-state index in [1.165, 1.54) is 61.5 Å². The maximum absolute atomic E-state index is 14.0. The Labute approximate surface area is 254 Å². The smallest absolute Gasteiger partial charge is 0.352 e. The van der Waals surface area contributed by atoms with E-state index in [4.69, 9.17) is 0 Å². The van der Waals surface area contributed by atoms with Crippen LogP contribution in [0.25, 0.3) is 0 Å². The Hall–Kier alpha value is -3.93. The van der Waals surface area contributed by atoms with Crippen LogP contribution in [0.3, 0.4) is 0 Å². The minimum absolute atomic E-state index is 0.0648. The molecule has 0 saturated heterocycles. The minimum atomic E-state index is -4.76. The molecule has 1 fully saturated rings. The summed E-state index contributed by atoms with van der Waals surface area (Å²) in [5.41, 5.74) is -0.220. The number of sulfonamides is 1. The van der Waals surface area contributed by atoms with Crippen LogP contribution < -0.4 is 9.62 Å². The lowest BCUT2D eigenvalue weighted by Crippen LogP contribution is -2.53. The van der Waals surface area contributed by atoms with Gasteiger partial charge in [0.25, 0.3) is 10.0 Å². The predicted molar refractivity (Wildman–Crippen MR) is 159 cm³/mol. The van der Waals surface area contributed by atoms with Gasteiger partial charge in [-0.2, -0.15) is 13.2 Å². The molecule has 0 radical (unpaired) electrons. The highest BCUT2D eigenvalue weighted by molar-refractivity contribution is 7.92. The van der Waals surface area contributed by atoms with Gasteiger partial charge in [0.1, 0.15) is 18.4 Å². The van der Waals surface area contributed by atoms with Crippen LogP contribution in [-0.2, 0) is 32.3 Å². The number of hydrogen-bond donors (Lipinski definition) is 1. The van der Waals surface area contributed by atoms with Gasteiger partial charge in [-0.25, -0.2) is 12.8 Å². The second-order valence-electron chi connectivity index (χ2n) is 11.0. The quantitative estimate of drug-likeness (QED) is 0.269. The van der Waals surface area contributed by atoms with Crippen molar-refractivity contribution in [3.05, 3.63) is 95.3 Å². The summed E-state index contributed by atoms with van der Waals surface area (Å²) in [5, 5.41) is 2.97. The molecule has 7 nitrogen and oxygen atoms in total. The molecule has 12 heteroatoms. The average molecular weight is 634 g/mol. The summed E-state index contributed by atoms with van der Waals surface area (Å²) >= 11 is 0. The monoisotopic (exact) mass is 633 g/mol. The lowest BCUT2D eigenvalue weighted by molar-refractivity contribution is -0.139. The van der Waals surface area contributed by atoms with Gasteiger partial charge in [0.05, 0.1) is 16.1 Å². The van der Waals surface area contributed by atoms with E-state index >= 15 is 0 Å². The van der Waals surface area contributed by atoms with E-state index in [1.807, 2.05) is 0 Å². The van der Waals surface area contributed by atoms with Crippen molar-refractivity contribution in [1.82, 2.24) is 10.2 Å². The zero-order valence-corrected chi connectivity index (χ0v) is 25.3. The van der Waals surface area contributed by atoms with Gasteiger partial charge in [-0.15, -0.1) is 0 Å². The number of alkyl halides is 3. The van der Waals surface area contributed by atoms with E-state index in [9.17, 15) is 35.6 Å². The van der Waals surface area contributed by atoms with Crippen molar-refractivity contribution in [3.63, 3.8) is 0 Å². The molecule has 0 aliphatic heterocycles. The summed E-state index contributed by atoms with van der Waals surface area (Å²) in [6, 6.07) is 13.6. The molecule has 4 rings (SSSR count). The van der Waals surface area contributed by atoms with Crippen LogP contribution in [-0.4, -0.2) is 43.8 Å². The molecule has 3 aromatic rings. The molecule has 1 aliphatic rings. The van der Waals surface area contributed by atoms with Crippen LogP contribution >= 0.6 is 0 Å². The second-order valence-corrected chi connectivity index (χ2v) is 12.9. The molecule has 0 unspecified atom stereocenters. The van der Waals surface area contributed by atoms with Crippen LogP contribution in [0.2, 0.25) is 0 Å². The van der Waals surface area contributed by atoms with Gasteiger partial charge < -0.3 is 10.2 Å². The number of anilines is 1. The van der Waals surface area contributed by atoms with E-state index in [1.54, 1.807) is 6.92 Å². The highest BCUT2D eigenvalue weighted by Crippen LogP contribution is 2.33. The van der Waals surface area contributed by atoms with Gasteiger partial charge in [0.15, 0.2) is 0 Å². The van der Waals surface area contributed by atoms with Crippen LogP contribution in [0.4, 0.5) is 23.2 Å². The summed E-state index contributed by atoms with van der Waals surface area (Å²) in [5.74, 6) is -1.78. The predicted octanol–water partition coefficient (Wildman–Crippen LogP) is 6.21. The lowest BCUT2D eigenvalue weighted by atomic mass is 9.95. The summed E-state index contributed by atoms with van der Waals surface area (Å²) in [6.45, 7) is 2.19. The minimum Gasteiger partial charge on any atom is -0.352 e. The largest absolute Gasteiger partial charge is 0.416 e. The Bertz CT molecular complexity index is 1560. The molecular formula is C32H35F4N3O4S. The number of halogens is 4. The standard InChI is InChI=1S/C32H35F4N3O4S/c1-22-11-17-29(18-12-22)44(42,43)39(28-10-6-7-25(19-28)32(34,35)36)21-30(40)38(20-24-13-15-26(33)16-14-24)23(2)31(41)37-27-8-4-3-5-9-27/h6-7,10-19,23,27H,3-5,8-9,20-21H2,1-2H3,(H,37,41)/t23-/m1/s1. The van der Waals surface area contributed by atoms with Gasteiger partial charge in [0.2, 0.25) is 11.8 Å².